The first-order valence-electron chi connectivity index (χ1n) is 4.02. The van der Waals surface area contributed by atoms with Gasteiger partial charge in [0.05, 0.1) is 0 Å². The Hall–Kier alpha value is -1.44. The Balaban J connectivity index is 2.87. The normalized spacial score (nSPS) is 12.4. The fourth-order valence-corrected chi connectivity index (χ4v) is 0.956. The molecule has 0 aliphatic carbocycles. The first kappa shape index (κ1) is 13.6. The molecule has 1 N–H and O–H groups in total. The van der Waals surface area contributed by atoms with E-state index in [1.165, 1.54) is 11.4 Å². The molecular weight excluding hydrogens is 271 g/mol. The zero-order valence-electron chi connectivity index (χ0n) is 7.86. The van der Waals surface area contributed by atoms with Crippen LogP contribution in [-0.4, -0.2) is 23.0 Å². The number of carbonyl (C=O) groups excluding carboxylic acids is 1. The minimum Gasteiger partial charge on any atom is -0.305 e. The number of rotatable bonds is 2. The van der Waals surface area contributed by atoms with Crippen LogP contribution in [0.1, 0.15) is 0 Å². The van der Waals surface area contributed by atoms with Crippen molar-refractivity contribution < 1.29 is 26.7 Å². The number of nitrogens with one attached hydrogen (secondary N) is 1. The van der Waals surface area contributed by atoms with Crippen molar-refractivity contribution >= 4 is 23.3 Å². The maximum Gasteiger partial charge on any atom is 0.463 e. The van der Waals surface area contributed by atoms with Crippen LogP contribution in [0.25, 0.3) is 0 Å². The SMILES string of the molecule is O=C(Nc1cc(Cl)ccn1)C(F)(F)C(F)(F)F. The average Bonchev–Trinajstić information content (AvgIpc) is 2.15. The van der Waals surface area contributed by atoms with E-state index in [1.807, 2.05) is 0 Å². The third-order valence-corrected chi connectivity index (χ3v) is 1.84. The Bertz CT molecular complexity index is 434. The lowest BCUT2D eigenvalue weighted by molar-refractivity contribution is -0.267. The number of nitrogens with zero attached hydrogens (tertiary/aromatic N) is 1. The van der Waals surface area contributed by atoms with Crippen LogP contribution in [0.3, 0.4) is 0 Å². The van der Waals surface area contributed by atoms with Crippen molar-refractivity contribution in [2.75, 3.05) is 5.32 Å². The number of alkyl halides is 5. The van der Waals surface area contributed by atoms with Crippen LogP contribution >= 0.6 is 11.6 Å². The van der Waals surface area contributed by atoms with E-state index in [0.717, 1.165) is 12.3 Å². The Labute approximate surface area is 96.6 Å². The monoisotopic (exact) mass is 274 g/mol. The quantitative estimate of drug-likeness (QED) is 0.843. The summed E-state index contributed by atoms with van der Waals surface area (Å²) in [7, 11) is 0. The van der Waals surface area contributed by atoms with Gasteiger partial charge in [0.15, 0.2) is 0 Å². The summed E-state index contributed by atoms with van der Waals surface area (Å²) < 4.78 is 60.5. The molecule has 0 bridgehead atoms. The van der Waals surface area contributed by atoms with Gasteiger partial charge >= 0.3 is 18.0 Å². The molecule has 0 spiro atoms. The van der Waals surface area contributed by atoms with Crippen molar-refractivity contribution in [2.45, 2.75) is 12.1 Å². The number of amides is 1. The molecular formula is C8H4ClF5N2O. The number of halogens is 6. The van der Waals surface area contributed by atoms with Crippen LogP contribution in [-0.2, 0) is 4.79 Å². The fourth-order valence-electron chi connectivity index (χ4n) is 0.797. The molecule has 1 rings (SSSR count). The third kappa shape index (κ3) is 3.02. The van der Waals surface area contributed by atoms with Gasteiger partial charge in [-0.3, -0.25) is 4.79 Å². The van der Waals surface area contributed by atoms with E-state index >= 15 is 0 Å². The lowest BCUT2D eigenvalue weighted by atomic mass is 10.3. The molecule has 0 aliphatic rings. The van der Waals surface area contributed by atoms with Gasteiger partial charge in [-0.2, -0.15) is 22.0 Å². The van der Waals surface area contributed by atoms with Gasteiger partial charge in [-0.25, -0.2) is 4.98 Å². The summed E-state index contributed by atoms with van der Waals surface area (Å²) in [5, 5.41) is 1.36. The molecule has 1 heterocycles. The fraction of sp³-hybridized carbons (Fsp3) is 0.250. The van der Waals surface area contributed by atoms with Crippen LogP contribution in [0.15, 0.2) is 18.3 Å². The predicted molar refractivity (Wildman–Crippen MR) is 48.9 cm³/mol. The molecule has 17 heavy (non-hydrogen) atoms. The summed E-state index contributed by atoms with van der Waals surface area (Å²) in [6, 6.07) is 2.20. The van der Waals surface area contributed by atoms with Gasteiger partial charge in [-0.05, 0) is 12.1 Å². The highest BCUT2D eigenvalue weighted by atomic mass is 35.5. The van der Waals surface area contributed by atoms with Crippen molar-refractivity contribution in [1.29, 1.82) is 0 Å². The first-order valence-corrected chi connectivity index (χ1v) is 4.40. The van der Waals surface area contributed by atoms with Gasteiger partial charge in [-0.1, -0.05) is 11.6 Å². The van der Waals surface area contributed by atoms with Crippen LogP contribution in [0.5, 0.6) is 0 Å². The molecule has 1 amide bonds. The van der Waals surface area contributed by atoms with Crippen LogP contribution < -0.4 is 5.32 Å². The summed E-state index contributed by atoms with van der Waals surface area (Å²) in [6.07, 6.45) is -4.92. The van der Waals surface area contributed by atoms with E-state index in [0.29, 0.717) is 0 Å². The van der Waals surface area contributed by atoms with Gasteiger partial charge in [0.1, 0.15) is 5.82 Å². The van der Waals surface area contributed by atoms with Crippen molar-refractivity contribution in [3.8, 4) is 0 Å². The van der Waals surface area contributed by atoms with E-state index < -0.39 is 23.8 Å². The van der Waals surface area contributed by atoms with Gasteiger partial charge in [0.25, 0.3) is 0 Å². The van der Waals surface area contributed by atoms with Crippen LogP contribution in [0.4, 0.5) is 27.8 Å². The number of anilines is 1. The van der Waals surface area contributed by atoms with Gasteiger partial charge < -0.3 is 5.32 Å². The molecule has 0 fully saturated rings. The standard InChI is InChI=1S/C8H4ClF5N2O/c9-4-1-2-15-5(3-4)16-6(17)7(10,11)8(12,13)14/h1-3H,(H,15,16,17). The number of pyridine rings is 1. The number of hydrogen-bond donors (Lipinski definition) is 1. The maximum atomic E-state index is 12.5. The van der Waals surface area contributed by atoms with Gasteiger partial charge in [0.2, 0.25) is 0 Å². The molecule has 1 aromatic rings. The highest BCUT2D eigenvalue weighted by Crippen LogP contribution is 2.36. The largest absolute Gasteiger partial charge is 0.463 e. The molecule has 1 aromatic heterocycles. The summed E-state index contributed by atoms with van der Waals surface area (Å²) >= 11 is 5.43. The zero-order valence-corrected chi connectivity index (χ0v) is 8.61. The summed E-state index contributed by atoms with van der Waals surface area (Å²) in [5.74, 6) is -8.50. The van der Waals surface area contributed by atoms with E-state index in [9.17, 15) is 26.7 Å². The summed E-state index contributed by atoms with van der Waals surface area (Å²) in [4.78, 5) is 14.1. The van der Waals surface area contributed by atoms with E-state index in [2.05, 4.69) is 4.98 Å². The molecule has 9 heteroatoms. The third-order valence-electron chi connectivity index (χ3n) is 1.60. The second-order valence-corrected chi connectivity index (χ2v) is 3.32. The molecule has 0 saturated carbocycles. The van der Waals surface area contributed by atoms with E-state index in [-0.39, 0.29) is 5.02 Å². The highest BCUT2D eigenvalue weighted by molar-refractivity contribution is 6.30. The average molecular weight is 275 g/mol. The lowest BCUT2D eigenvalue weighted by Crippen LogP contribution is -2.47. The molecule has 0 aliphatic heterocycles. The maximum absolute atomic E-state index is 12.5. The molecule has 0 aromatic carbocycles. The van der Waals surface area contributed by atoms with Crippen molar-refractivity contribution in [3.05, 3.63) is 23.4 Å². The van der Waals surface area contributed by atoms with Crippen molar-refractivity contribution in [3.63, 3.8) is 0 Å². The lowest BCUT2D eigenvalue weighted by Gasteiger charge is -2.18. The molecule has 0 saturated heterocycles. The molecule has 94 valence electrons. The van der Waals surface area contributed by atoms with Crippen LogP contribution in [0.2, 0.25) is 5.02 Å². The van der Waals surface area contributed by atoms with Gasteiger partial charge in [0, 0.05) is 11.2 Å². The minimum atomic E-state index is -5.96. The summed E-state index contributed by atoms with van der Waals surface area (Å²) in [6.45, 7) is 0. The van der Waals surface area contributed by atoms with Crippen LogP contribution in [0, 0.1) is 0 Å². The predicted octanol–water partition coefficient (Wildman–Crippen LogP) is 2.87. The van der Waals surface area contributed by atoms with E-state index in [1.54, 1.807) is 0 Å². The number of aromatic nitrogens is 1. The van der Waals surface area contributed by atoms with Gasteiger partial charge in [-0.15, -0.1) is 0 Å². The Morgan fingerprint density at radius 1 is 1.29 bits per heavy atom. The zero-order chi connectivity index (χ0) is 13.3. The smallest absolute Gasteiger partial charge is 0.305 e. The first-order chi connectivity index (χ1) is 7.64. The second-order valence-electron chi connectivity index (χ2n) is 2.89. The number of carbonyl (C=O) groups is 1. The van der Waals surface area contributed by atoms with E-state index in [4.69, 9.17) is 11.6 Å². The molecule has 0 radical (unpaired) electrons. The number of hydrogen-bond acceptors (Lipinski definition) is 2. The Morgan fingerprint density at radius 2 is 1.88 bits per heavy atom. The molecule has 0 unspecified atom stereocenters. The molecule has 3 nitrogen and oxygen atoms in total. The molecule has 0 atom stereocenters. The van der Waals surface area contributed by atoms with Crippen molar-refractivity contribution in [2.24, 2.45) is 0 Å². The Morgan fingerprint density at radius 3 is 2.35 bits per heavy atom. The summed E-state index contributed by atoms with van der Waals surface area (Å²) in [5.41, 5.74) is 0. The van der Waals surface area contributed by atoms with Crippen molar-refractivity contribution in [1.82, 2.24) is 4.98 Å². The minimum absolute atomic E-state index is 0.0330. The Kier molecular flexibility index (Phi) is 3.56. The highest BCUT2D eigenvalue weighted by Gasteiger charge is 2.63. The topological polar surface area (TPSA) is 42.0 Å². The second kappa shape index (κ2) is 4.44.